The molecular weight excluding hydrogens is 318 g/mol. The minimum Gasteiger partial charge on any atom is -0.495 e. The number of sulfonamides is 1. The quantitative estimate of drug-likeness (QED) is 0.776. The van der Waals surface area contributed by atoms with Crippen LogP contribution in [-0.4, -0.2) is 41.3 Å². The molecule has 0 unspecified atom stereocenters. The van der Waals surface area contributed by atoms with Crippen molar-refractivity contribution in [3.8, 4) is 5.75 Å². The van der Waals surface area contributed by atoms with Crippen LogP contribution in [0.2, 0.25) is 0 Å². The van der Waals surface area contributed by atoms with E-state index in [4.69, 9.17) is 9.88 Å². The zero-order valence-electron chi connectivity index (χ0n) is 12.2. The van der Waals surface area contributed by atoms with E-state index < -0.39 is 20.2 Å². The minimum absolute atomic E-state index is 0.00322. The number of nitrogens with one attached hydrogen (secondary N) is 1. The summed E-state index contributed by atoms with van der Waals surface area (Å²) in [6, 6.07) is 3.40. The zero-order chi connectivity index (χ0) is 16.4. The van der Waals surface area contributed by atoms with Crippen LogP contribution < -0.4 is 14.6 Å². The maximum absolute atomic E-state index is 12.1. The van der Waals surface area contributed by atoms with E-state index in [1.165, 1.54) is 26.3 Å². The van der Waals surface area contributed by atoms with Gasteiger partial charge in [0.15, 0.2) is 0 Å². The number of hydrogen-bond acceptors (Lipinski definition) is 5. The molecule has 0 fully saturated rings. The lowest BCUT2D eigenvalue weighted by Gasteiger charge is -2.22. The fraction of sp³-hybridized carbons (Fsp3) is 0.455. The molecule has 3 N–H and O–H groups in total. The Labute approximate surface area is 125 Å². The van der Waals surface area contributed by atoms with Gasteiger partial charge in [-0.05, 0) is 32.0 Å². The van der Waals surface area contributed by atoms with Crippen molar-refractivity contribution in [3.05, 3.63) is 18.2 Å². The number of ether oxygens (including phenoxy) is 1. The number of rotatable bonds is 6. The first-order chi connectivity index (χ1) is 9.49. The van der Waals surface area contributed by atoms with Gasteiger partial charge in [-0.25, -0.2) is 13.6 Å². The molecular formula is C11H19N3O5S2. The van der Waals surface area contributed by atoms with Crippen LogP contribution in [0, 0.1) is 0 Å². The summed E-state index contributed by atoms with van der Waals surface area (Å²) in [7, 11) is -5.04. The number of primary sulfonamides is 1. The smallest absolute Gasteiger partial charge is 0.301 e. The lowest BCUT2D eigenvalue weighted by Crippen LogP contribution is -2.37. The first-order valence-corrected chi connectivity index (χ1v) is 8.94. The molecule has 10 heteroatoms. The van der Waals surface area contributed by atoms with E-state index in [9.17, 15) is 16.8 Å². The highest BCUT2D eigenvalue weighted by molar-refractivity contribution is 7.90. The maximum atomic E-state index is 12.1. The summed E-state index contributed by atoms with van der Waals surface area (Å²) in [4.78, 5) is -0.215. The first-order valence-electron chi connectivity index (χ1n) is 5.95. The Morgan fingerprint density at radius 3 is 2.24 bits per heavy atom. The normalized spacial score (nSPS) is 12.7. The molecule has 120 valence electrons. The molecule has 1 aromatic carbocycles. The van der Waals surface area contributed by atoms with Gasteiger partial charge in [-0.15, -0.1) is 0 Å². The van der Waals surface area contributed by atoms with Gasteiger partial charge >= 0.3 is 10.2 Å². The van der Waals surface area contributed by atoms with Gasteiger partial charge < -0.3 is 4.74 Å². The van der Waals surface area contributed by atoms with Gasteiger partial charge in [0.05, 0.1) is 17.7 Å². The molecule has 0 aliphatic heterocycles. The van der Waals surface area contributed by atoms with Gasteiger partial charge in [-0.1, -0.05) is 0 Å². The summed E-state index contributed by atoms with van der Waals surface area (Å²) < 4.78 is 55.4. The lowest BCUT2D eigenvalue weighted by atomic mass is 10.3. The molecule has 8 nitrogen and oxygen atoms in total. The number of methoxy groups -OCH3 is 1. The Morgan fingerprint density at radius 2 is 1.81 bits per heavy atom. The van der Waals surface area contributed by atoms with Crippen LogP contribution in [0.25, 0.3) is 0 Å². The molecule has 0 atom stereocenters. The van der Waals surface area contributed by atoms with Crippen LogP contribution in [0.3, 0.4) is 0 Å². The molecule has 21 heavy (non-hydrogen) atoms. The number of nitrogens with zero attached hydrogens (tertiary/aromatic N) is 1. The summed E-state index contributed by atoms with van der Waals surface area (Å²) in [6.45, 7) is 3.41. The third kappa shape index (κ3) is 4.30. The first kappa shape index (κ1) is 17.7. The number of hydrogen-bond donors (Lipinski definition) is 2. The summed E-state index contributed by atoms with van der Waals surface area (Å²) in [6.07, 6.45) is 0. The molecule has 0 saturated heterocycles. The van der Waals surface area contributed by atoms with E-state index in [0.717, 1.165) is 10.4 Å². The van der Waals surface area contributed by atoms with Crippen LogP contribution in [0.5, 0.6) is 5.75 Å². The van der Waals surface area contributed by atoms with Crippen LogP contribution in [-0.2, 0) is 20.2 Å². The monoisotopic (exact) mass is 337 g/mol. The molecule has 0 spiro atoms. The Kier molecular flexibility index (Phi) is 5.20. The maximum Gasteiger partial charge on any atom is 0.301 e. The van der Waals surface area contributed by atoms with E-state index in [-0.39, 0.29) is 22.4 Å². The van der Waals surface area contributed by atoms with E-state index >= 15 is 0 Å². The van der Waals surface area contributed by atoms with Crippen LogP contribution >= 0.6 is 0 Å². The summed E-state index contributed by atoms with van der Waals surface area (Å²) >= 11 is 0. The summed E-state index contributed by atoms with van der Waals surface area (Å²) in [5.74, 6) is 0.183. The van der Waals surface area contributed by atoms with Crippen molar-refractivity contribution in [2.45, 2.75) is 24.8 Å². The topological polar surface area (TPSA) is 119 Å². The number of nitrogens with two attached hydrogens (primary N) is 1. The predicted molar refractivity (Wildman–Crippen MR) is 79.8 cm³/mol. The molecule has 0 aromatic heterocycles. The van der Waals surface area contributed by atoms with Gasteiger partial charge in [-0.2, -0.15) is 12.7 Å². The van der Waals surface area contributed by atoms with Crippen molar-refractivity contribution < 1.29 is 21.6 Å². The van der Waals surface area contributed by atoms with Crippen molar-refractivity contribution in [1.29, 1.82) is 0 Å². The van der Waals surface area contributed by atoms with E-state index in [1.54, 1.807) is 13.8 Å². The fourth-order valence-electron chi connectivity index (χ4n) is 1.43. The van der Waals surface area contributed by atoms with Gasteiger partial charge in [0.2, 0.25) is 10.0 Å². The second kappa shape index (κ2) is 6.18. The SMILES string of the molecule is COc1ccc(S(N)(=O)=O)cc1NS(=O)(=O)N(C)C(C)C. The predicted octanol–water partition coefficient (Wildman–Crippen LogP) is 0.340. The van der Waals surface area contributed by atoms with Gasteiger partial charge in [0, 0.05) is 13.1 Å². The third-order valence-corrected chi connectivity index (χ3v) is 5.41. The molecule has 0 heterocycles. The van der Waals surface area contributed by atoms with Gasteiger partial charge in [0.1, 0.15) is 5.75 Å². The highest BCUT2D eigenvalue weighted by Gasteiger charge is 2.22. The van der Waals surface area contributed by atoms with Crippen LogP contribution in [0.4, 0.5) is 5.69 Å². The molecule has 1 rings (SSSR count). The molecule has 0 bridgehead atoms. The third-order valence-electron chi connectivity index (χ3n) is 2.84. The van der Waals surface area contributed by atoms with Crippen molar-refractivity contribution >= 4 is 25.9 Å². The lowest BCUT2D eigenvalue weighted by molar-refractivity contribution is 0.410. The highest BCUT2D eigenvalue weighted by Crippen LogP contribution is 2.28. The summed E-state index contributed by atoms with van der Waals surface area (Å²) in [5.41, 5.74) is -0.00322. The number of anilines is 1. The Hall–Kier alpha value is -1.36. The molecule has 0 aliphatic carbocycles. The minimum atomic E-state index is -3.95. The van der Waals surface area contributed by atoms with Gasteiger partial charge in [-0.3, -0.25) is 4.72 Å². The van der Waals surface area contributed by atoms with Crippen molar-refractivity contribution in [1.82, 2.24) is 4.31 Å². The van der Waals surface area contributed by atoms with Crippen molar-refractivity contribution in [2.24, 2.45) is 5.14 Å². The molecule has 0 aliphatic rings. The molecule has 0 radical (unpaired) electrons. The second-order valence-corrected chi connectivity index (χ2v) is 7.92. The summed E-state index contributed by atoms with van der Waals surface area (Å²) in [5, 5.41) is 5.03. The Bertz CT molecular complexity index is 713. The van der Waals surface area contributed by atoms with Crippen LogP contribution in [0.1, 0.15) is 13.8 Å². The Morgan fingerprint density at radius 1 is 1.24 bits per heavy atom. The standard InChI is InChI=1S/C11H19N3O5S2/c1-8(2)14(3)21(17,18)13-10-7-9(20(12,15)16)5-6-11(10)19-4/h5-8,13H,1-4H3,(H2,12,15,16). The molecule has 1 aromatic rings. The molecule has 0 saturated carbocycles. The Balaban J connectivity index is 3.30. The zero-order valence-corrected chi connectivity index (χ0v) is 13.8. The van der Waals surface area contributed by atoms with E-state index in [2.05, 4.69) is 4.72 Å². The van der Waals surface area contributed by atoms with Gasteiger partial charge in [0.25, 0.3) is 0 Å². The number of benzene rings is 1. The largest absolute Gasteiger partial charge is 0.495 e. The second-order valence-electron chi connectivity index (χ2n) is 4.62. The highest BCUT2D eigenvalue weighted by atomic mass is 32.2. The van der Waals surface area contributed by atoms with Crippen LogP contribution in [0.15, 0.2) is 23.1 Å². The van der Waals surface area contributed by atoms with E-state index in [1.807, 2.05) is 0 Å². The fourth-order valence-corrected chi connectivity index (χ4v) is 3.11. The molecule has 0 amide bonds. The average Bonchev–Trinajstić information content (AvgIpc) is 2.36. The van der Waals surface area contributed by atoms with Crippen molar-refractivity contribution in [3.63, 3.8) is 0 Å². The van der Waals surface area contributed by atoms with E-state index in [0.29, 0.717) is 0 Å². The van der Waals surface area contributed by atoms with Crippen molar-refractivity contribution in [2.75, 3.05) is 18.9 Å². The average molecular weight is 337 g/mol.